The Kier molecular flexibility index (Phi) is 6.27. The van der Waals surface area contributed by atoms with E-state index < -0.39 is 11.7 Å². The lowest BCUT2D eigenvalue weighted by Gasteiger charge is -2.34. The highest BCUT2D eigenvalue weighted by Gasteiger charge is 2.33. The molecule has 1 heterocycles. The highest BCUT2D eigenvalue weighted by Crippen LogP contribution is 2.35. The molecule has 0 amide bonds. The van der Waals surface area contributed by atoms with E-state index in [0.29, 0.717) is 5.56 Å². The van der Waals surface area contributed by atoms with E-state index >= 15 is 0 Å². The number of carbonyl (C=O) groups is 1. The third kappa shape index (κ3) is 5.17. The number of allylic oxidation sites excluding steroid dienone is 1. The van der Waals surface area contributed by atoms with E-state index in [1.54, 1.807) is 12.1 Å². The summed E-state index contributed by atoms with van der Waals surface area (Å²) in [6.07, 6.45) is -2.18. The maximum atomic E-state index is 13.3. The van der Waals surface area contributed by atoms with Crippen molar-refractivity contribution in [2.75, 3.05) is 45.2 Å². The van der Waals surface area contributed by atoms with E-state index in [1.807, 2.05) is 12.1 Å². The first-order valence-corrected chi connectivity index (χ1v) is 9.29. The van der Waals surface area contributed by atoms with Crippen LogP contribution in [-0.4, -0.2) is 51.0 Å². The number of anilines is 1. The molecule has 2 aromatic rings. The number of rotatable bonds is 5. The van der Waals surface area contributed by atoms with Crippen LogP contribution in [0.4, 0.5) is 18.9 Å². The normalized spacial score (nSPS) is 15.7. The number of methoxy groups -OCH3 is 1. The number of alkyl halides is 3. The van der Waals surface area contributed by atoms with Gasteiger partial charge in [-0.2, -0.15) is 13.2 Å². The number of nitrogens with zero attached hydrogens (tertiary/aromatic N) is 2. The zero-order chi connectivity index (χ0) is 21.0. The van der Waals surface area contributed by atoms with Crippen molar-refractivity contribution in [1.29, 1.82) is 0 Å². The molecule has 0 radical (unpaired) electrons. The number of ether oxygens (including phenoxy) is 1. The Balaban J connectivity index is 1.74. The molecule has 0 aromatic heterocycles. The van der Waals surface area contributed by atoms with Crippen molar-refractivity contribution in [1.82, 2.24) is 4.90 Å². The molecule has 0 N–H and O–H groups in total. The fourth-order valence-electron chi connectivity index (χ4n) is 3.22. The summed E-state index contributed by atoms with van der Waals surface area (Å²) >= 11 is 0. The molecule has 1 aliphatic heterocycles. The van der Waals surface area contributed by atoms with Crippen LogP contribution in [0.5, 0.6) is 5.75 Å². The molecule has 0 spiro atoms. The number of hydrogen-bond acceptors (Lipinski definition) is 4. The topological polar surface area (TPSA) is 32.8 Å². The van der Waals surface area contributed by atoms with Crippen LogP contribution in [-0.2, 0) is 6.18 Å². The lowest BCUT2D eigenvalue weighted by molar-refractivity contribution is -0.137. The quantitative estimate of drug-likeness (QED) is 0.548. The van der Waals surface area contributed by atoms with Gasteiger partial charge in [0.25, 0.3) is 0 Å². The van der Waals surface area contributed by atoms with E-state index in [1.165, 1.54) is 31.4 Å². The standard InChI is InChI=1S/C22H23F3N2O2/c1-26-11-13-27(14-12-26)18-7-3-17(4-8-18)21(28)10-6-16-5-9-19(29-2)15-20(16)22(23,24)25/h3-10,15H,11-14H2,1-2H3/b10-6+. The van der Waals surface area contributed by atoms with Crippen LogP contribution in [0.2, 0.25) is 0 Å². The molecule has 3 rings (SSSR count). The summed E-state index contributed by atoms with van der Waals surface area (Å²) in [4.78, 5) is 16.9. The molecule has 4 nitrogen and oxygen atoms in total. The molecule has 2 aromatic carbocycles. The van der Waals surface area contributed by atoms with Crippen molar-refractivity contribution in [2.45, 2.75) is 6.18 Å². The molecular formula is C22H23F3N2O2. The van der Waals surface area contributed by atoms with Gasteiger partial charge in [0.1, 0.15) is 5.75 Å². The van der Waals surface area contributed by atoms with Crippen LogP contribution in [0.1, 0.15) is 21.5 Å². The molecule has 0 unspecified atom stereocenters. The first kappa shape index (κ1) is 20.9. The van der Waals surface area contributed by atoms with Crippen LogP contribution in [0, 0.1) is 0 Å². The van der Waals surface area contributed by atoms with Gasteiger partial charge in [-0.25, -0.2) is 0 Å². The first-order chi connectivity index (χ1) is 13.8. The summed E-state index contributed by atoms with van der Waals surface area (Å²) < 4.78 is 44.7. The average Bonchev–Trinajstić information content (AvgIpc) is 2.72. The molecule has 0 saturated carbocycles. The number of halogens is 3. The van der Waals surface area contributed by atoms with Gasteiger partial charge in [-0.1, -0.05) is 12.1 Å². The number of benzene rings is 2. The summed E-state index contributed by atoms with van der Waals surface area (Å²) in [7, 11) is 3.39. The molecule has 1 fully saturated rings. The predicted octanol–water partition coefficient (Wildman–Crippen LogP) is 4.36. The summed E-state index contributed by atoms with van der Waals surface area (Å²) in [5.74, 6) is -0.237. The molecule has 154 valence electrons. The van der Waals surface area contributed by atoms with Crippen molar-refractivity contribution in [3.63, 3.8) is 0 Å². The van der Waals surface area contributed by atoms with E-state index in [9.17, 15) is 18.0 Å². The maximum Gasteiger partial charge on any atom is 0.417 e. The van der Waals surface area contributed by atoms with Crippen LogP contribution in [0.15, 0.2) is 48.5 Å². The maximum absolute atomic E-state index is 13.3. The molecule has 29 heavy (non-hydrogen) atoms. The van der Waals surface area contributed by atoms with Gasteiger partial charge >= 0.3 is 6.18 Å². The second-order valence-electron chi connectivity index (χ2n) is 6.99. The summed E-state index contributed by atoms with van der Waals surface area (Å²) in [5.41, 5.74) is 0.543. The van der Waals surface area contributed by atoms with Crippen molar-refractivity contribution >= 4 is 17.5 Å². The largest absolute Gasteiger partial charge is 0.497 e. The predicted molar refractivity (Wildman–Crippen MR) is 108 cm³/mol. The van der Waals surface area contributed by atoms with E-state index in [0.717, 1.165) is 37.9 Å². The lowest BCUT2D eigenvalue weighted by Crippen LogP contribution is -2.44. The third-order valence-corrected chi connectivity index (χ3v) is 5.00. The molecule has 1 aliphatic rings. The minimum Gasteiger partial charge on any atom is -0.497 e. The Morgan fingerprint density at radius 2 is 1.69 bits per heavy atom. The second kappa shape index (κ2) is 8.69. The molecule has 7 heteroatoms. The summed E-state index contributed by atoms with van der Waals surface area (Å²) in [5, 5.41) is 0. The van der Waals surface area contributed by atoms with Crippen molar-refractivity contribution in [3.8, 4) is 5.75 Å². The van der Waals surface area contributed by atoms with Gasteiger partial charge in [0.05, 0.1) is 12.7 Å². The van der Waals surface area contributed by atoms with Gasteiger partial charge in [0.15, 0.2) is 5.78 Å². The van der Waals surface area contributed by atoms with Gasteiger partial charge in [-0.3, -0.25) is 4.79 Å². The van der Waals surface area contributed by atoms with Gasteiger partial charge in [-0.15, -0.1) is 0 Å². The smallest absolute Gasteiger partial charge is 0.417 e. The minimum absolute atomic E-state index is 0.0827. The third-order valence-electron chi connectivity index (χ3n) is 5.00. The lowest BCUT2D eigenvalue weighted by atomic mass is 10.0. The first-order valence-electron chi connectivity index (χ1n) is 9.29. The molecule has 0 atom stereocenters. The van der Waals surface area contributed by atoms with Crippen LogP contribution < -0.4 is 9.64 Å². The Morgan fingerprint density at radius 3 is 2.28 bits per heavy atom. The van der Waals surface area contributed by atoms with Crippen LogP contribution in [0.25, 0.3) is 6.08 Å². The van der Waals surface area contributed by atoms with Gasteiger partial charge in [0, 0.05) is 37.4 Å². The number of piperazine rings is 1. The van der Waals surface area contributed by atoms with E-state index in [-0.39, 0.29) is 17.1 Å². The Hall–Kier alpha value is -2.80. The molecular weight excluding hydrogens is 381 g/mol. The number of hydrogen-bond donors (Lipinski definition) is 0. The zero-order valence-electron chi connectivity index (χ0n) is 16.4. The zero-order valence-corrected chi connectivity index (χ0v) is 16.4. The van der Waals surface area contributed by atoms with Crippen molar-refractivity contribution in [3.05, 3.63) is 65.2 Å². The van der Waals surface area contributed by atoms with Gasteiger partial charge in [0.2, 0.25) is 0 Å². The average molecular weight is 404 g/mol. The number of carbonyl (C=O) groups excluding carboxylic acids is 1. The Labute approximate surface area is 168 Å². The van der Waals surface area contributed by atoms with Crippen LogP contribution >= 0.6 is 0 Å². The number of likely N-dealkylation sites (N-methyl/N-ethyl adjacent to an activating group) is 1. The van der Waals surface area contributed by atoms with Gasteiger partial charge in [-0.05, 0) is 55.1 Å². The second-order valence-corrected chi connectivity index (χ2v) is 6.99. The Morgan fingerprint density at radius 1 is 1.03 bits per heavy atom. The van der Waals surface area contributed by atoms with Gasteiger partial charge < -0.3 is 14.5 Å². The SMILES string of the molecule is COc1ccc(/C=C/C(=O)c2ccc(N3CCN(C)CC3)cc2)c(C(F)(F)F)c1. The van der Waals surface area contributed by atoms with E-state index in [4.69, 9.17) is 4.74 Å². The van der Waals surface area contributed by atoms with Crippen molar-refractivity contribution in [2.24, 2.45) is 0 Å². The van der Waals surface area contributed by atoms with E-state index in [2.05, 4.69) is 16.8 Å². The summed E-state index contributed by atoms with van der Waals surface area (Å²) in [6, 6.07) is 10.8. The minimum atomic E-state index is -4.54. The highest BCUT2D eigenvalue weighted by molar-refractivity contribution is 6.07. The fourth-order valence-corrected chi connectivity index (χ4v) is 3.22. The molecule has 0 aliphatic carbocycles. The van der Waals surface area contributed by atoms with Crippen LogP contribution in [0.3, 0.4) is 0 Å². The Bertz CT molecular complexity index is 884. The monoisotopic (exact) mass is 404 g/mol. The van der Waals surface area contributed by atoms with Crippen molar-refractivity contribution < 1.29 is 22.7 Å². The molecule has 1 saturated heterocycles. The molecule has 0 bridgehead atoms. The summed E-state index contributed by atoms with van der Waals surface area (Å²) in [6.45, 7) is 3.79. The highest BCUT2D eigenvalue weighted by atomic mass is 19.4. The number of ketones is 1. The fraction of sp³-hybridized carbons (Fsp3) is 0.318.